The molecule has 0 spiro atoms. The molecule has 0 amide bonds. The molecule has 0 radical (unpaired) electrons. The Balaban J connectivity index is 0.00000256. The molecule has 0 unspecified atom stereocenters. The van der Waals surface area contributed by atoms with Gasteiger partial charge in [0.05, 0.1) is 18.8 Å². The highest BCUT2D eigenvalue weighted by atomic mass is 35.5. The number of esters is 1. The highest BCUT2D eigenvalue weighted by molar-refractivity contribution is 5.90. The Kier molecular flexibility index (Phi) is 7.34. The number of carbonyl (C=O) groups excluding carboxylic acids is 1. The molecular weight excluding hydrogens is 242 g/mol. The van der Waals surface area contributed by atoms with Crippen LogP contribution in [0.3, 0.4) is 0 Å². The van der Waals surface area contributed by atoms with Crippen LogP contribution in [0.2, 0.25) is 0 Å². The first kappa shape index (κ1) is 15.7. The van der Waals surface area contributed by atoms with E-state index in [1.54, 1.807) is 25.1 Å². The number of ether oxygens (including phenoxy) is 2. The molecule has 0 atom stereocenters. The second-order valence-corrected chi connectivity index (χ2v) is 3.18. The lowest BCUT2D eigenvalue weighted by atomic mass is 10.1. The van der Waals surface area contributed by atoms with Crippen molar-refractivity contribution in [2.24, 2.45) is 5.73 Å². The number of rotatable bonds is 5. The summed E-state index contributed by atoms with van der Waals surface area (Å²) >= 11 is 0. The van der Waals surface area contributed by atoms with Gasteiger partial charge in [0.2, 0.25) is 0 Å². The molecule has 0 saturated carbocycles. The molecule has 1 rings (SSSR count). The molecule has 17 heavy (non-hydrogen) atoms. The van der Waals surface area contributed by atoms with Crippen LogP contribution in [0.15, 0.2) is 18.2 Å². The van der Waals surface area contributed by atoms with Gasteiger partial charge in [-0.2, -0.15) is 0 Å². The Morgan fingerprint density at radius 1 is 1.29 bits per heavy atom. The van der Waals surface area contributed by atoms with Gasteiger partial charge in [0.25, 0.3) is 0 Å². The maximum atomic E-state index is 11.5. The molecule has 2 N–H and O–H groups in total. The Bertz CT molecular complexity index is 369. The van der Waals surface area contributed by atoms with E-state index in [4.69, 9.17) is 15.2 Å². The van der Waals surface area contributed by atoms with Gasteiger partial charge in [-0.25, -0.2) is 4.79 Å². The average Bonchev–Trinajstić information content (AvgIpc) is 2.29. The maximum Gasteiger partial charge on any atom is 0.338 e. The van der Waals surface area contributed by atoms with Crippen LogP contribution in [0, 0.1) is 0 Å². The molecule has 0 bridgehead atoms. The molecule has 0 aliphatic heterocycles. The zero-order valence-corrected chi connectivity index (χ0v) is 10.9. The van der Waals surface area contributed by atoms with Crippen LogP contribution in [-0.4, -0.2) is 19.2 Å². The van der Waals surface area contributed by atoms with E-state index in [-0.39, 0.29) is 18.4 Å². The van der Waals surface area contributed by atoms with Crippen molar-refractivity contribution in [2.45, 2.75) is 20.4 Å². The zero-order chi connectivity index (χ0) is 12.0. The van der Waals surface area contributed by atoms with E-state index in [0.29, 0.717) is 31.1 Å². The number of hydrogen-bond acceptors (Lipinski definition) is 4. The molecule has 0 heterocycles. The Labute approximate surface area is 108 Å². The van der Waals surface area contributed by atoms with Gasteiger partial charge in [0.1, 0.15) is 5.75 Å². The van der Waals surface area contributed by atoms with Gasteiger partial charge >= 0.3 is 5.97 Å². The van der Waals surface area contributed by atoms with Crippen LogP contribution >= 0.6 is 12.4 Å². The highest BCUT2D eigenvalue weighted by Crippen LogP contribution is 2.20. The van der Waals surface area contributed by atoms with Crippen molar-refractivity contribution >= 4 is 18.4 Å². The quantitative estimate of drug-likeness (QED) is 0.823. The molecule has 1 aromatic rings. The highest BCUT2D eigenvalue weighted by Gasteiger charge is 2.10. The number of carbonyl (C=O) groups is 1. The Hall–Kier alpha value is -1.26. The van der Waals surface area contributed by atoms with Crippen molar-refractivity contribution in [3.05, 3.63) is 29.3 Å². The summed E-state index contributed by atoms with van der Waals surface area (Å²) in [6.07, 6.45) is 0. The lowest BCUT2D eigenvalue weighted by Gasteiger charge is -2.10. The van der Waals surface area contributed by atoms with E-state index in [1.165, 1.54) is 0 Å². The largest absolute Gasteiger partial charge is 0.494 e. The Morgan fingerprint density at radius 2 is 2.00 bits per heavy atom. The summed E-state index contributed by atoms with van der Waals surface area (Å²) in [6.45, 7) is 4.95. The molecule has 0 aliphatic carbocycles. The van der Waals surface area contributed by atoms with Gasteiger partial charge in [0.15, 0.2) is 0 Å². The topological polar surface area (TPSA) is 61.5 Å². The smallest absolute Gasteiger partial charge is 0.338 e. The third-order valence-electron chi connectivity index (χ3n) is 2.10. The zero-order valence-electron chi connectivity index (χ0n) is 10.1. The number of benzene rings is 1. The van der Waals surface area contributed by atoms with Crippen LogP contribution in [0.4, 0.5) is 0 Å². The molecule has 0 aromatic heterocycles. The van der Waals surface area contributed by atoms with Crippen molar-refractivity contribution in [3.63, 3.8) is 0 Å². The van der Waals surface area contributed by atoms with Crippen LogP contribution in [0.5, 0.6) is 5.75 Å². The molecule has 0 fully saturated rings. The molecule has 5 heteroatoms. The summed E-state index contributed by atoms with van der Waals surface area (Å²) in [7, 11) is 0. The molecule has 1 aromatic carbocycles. The SMILES string of the molecule is CCOC(=O)c1ccc(CN)c(OCC)c1.Cl. The van der Waals surface area contributed by atoms with Gasteiger partial charge in [0, 0.05) is 12.1 Å². The van der Waals surface area contributed by atoms with Crippen LogP contribution in [0.1, 0.15) is 29.8 Å². The second kappa shape index (κ2) is 7.92. The first-order chi connectivity index (χ1) is 7.72. The van der Waals surface area contributed by atoms with E-state index >= 15 is 0 Å². The lowest BCUT2D eigenvalue weighted by molar-refractivity contribution is 0.0526. The van der Waals surface area contributed by atoms with Crippen LogP contribution in [0.25, 0.3) is 0 Å². The fourth-order valence-electron chi connectivity index (χ4n) is 1.35. The summed E-state index contributed by atoms with van der Waals surface area (Å²) in [5.74, 6) is 0.308. The van der Waals surface area contributed by atoms with Gasteiger partial charge in [-0.3, -0.25) is 0 Å². The van der Waals surface area contributed by atoms with Crippen LogP contribution in [-0.2, 0) is 11.3 Å². The predicted octanol–water partition coefficient (Wildman–Crippen LogP) is 2.14. The third-order valence-corrected chi connectivity index (χ3v) is 2.10. The standard InChI is InChI=1S/C12H17NO3.ClH/c1-3-15-11-7-9(12(14)16-4-2)5-6-10(11)8-13;/h5-7H,3-4,8,13H2,1-2H3;1H. The number of halogens is 1. The monoisotopic (exact) mass is 259 g/mol. The van der Waals surface area contributed by atoms with E-state index in [1.807, 2.05) is 6.92 Å². The summed E-state index contributed by atoms with van der Waals surface area (Å²) in [4.78, 5) is 11.5. The fourth-order valence-corrected chi connectivity index (χ4v) is 1.35. The van der Waals surface area contributed by atoms with Gasteiger partial charge in [-0.15, -0.1) is 12.4 Å². The molecule has 0 aliphatic rings. The minimum atomic E-state index is -0.341. The normalized spacial score (nSPS) is 9.35. The third kappa shape index (κ3) is 4.24. The van der Waals surface area contributed by atoms with Gasteiger partial charge in [-0.1, -0.05) is 6.07 Å². The fraction of sp³-hybridized carbons (Fsp3) is 0.417. The summed E-state index contributed by atoms with van der Waals surface area (Å²) in [6, 6.07) is 5.16. The minimum Gasteiger partial charge on any atom is -0.494 e. The van der Waals surface area contributed by atoms with Crippen molar-refractivity contribution in [3.8, 4) is 5.75 Å². The van der Waals surface area contributed by atoms with Gasteiger partial charge < -0.3 is 15.2 Å². The van der Waals surface area contributed by atoms with Crippen molar-refractivity contribution in [1.82, 2.24) is 0 Å². The van der Waals surface area contributed by atoms with Crippen LogP contribution < -0.4 is 10.5 Å². The summed E-state index contributed by atoms with van der Waals surface area (Å²) < 4.78 is 10.3. The first-order valence-corrected chi connectivity index (χ1v) is 5.35. The number of nitrogens with two attached hydrogens (primary N) is 1. The van der Waals surface area contributed by atoms with E-state index in [9.17, 15) is 4.79 Å². The maximum absolute atomic E-state index is 11.5. The first-order valence-electron chi connectivity index (χ1n) is 5.35. The summed E-state index contributed by atoms with van der Waals surface area (Å²) in [5.41, 5.74) is 6.94. The average molecular weight is 260 g/mol. The molecular formula is C12H18ClNO3. The van der Waals surface area contributed by atoms with E-state index < -0.39 is 0 Å². The lowest BCUT2D eigenvalue weighted by Crippen LogP contribution is -2.07. The minimum absolute atomic E-state index is 0. The number of hydrogen-bond donors (Lipinski definition) is 1. The molecule has 96 valence electrons. The molecule has 0 saturated heterocycles. The van der Waals surface area contributed by atoms with E-state index in [2.05, 4.69) is 0 Å². The van der Waals surface area contributed by atoms with E-state index in [0.717, 1.165) is 5.56 Å². The second-order valence-electron chi connectivity index (χ2n) is 3.18. The van der Waals surface area contributed by atoms with Crippen molar-refractivity contribution in [2.75, 3.05) is 13.2 Å². The van der Waals surface area contributed by atoms with Crippen molar-refractivity contribution < 1.29 is 14.3 Å². The summed E-state index contributed by atoms with van der Waals surface area (Å²) in [5, 5.41) is 0. The van der Waals surface area contributed by atoms with Gasteiger partial charge in [-0.05, 0) is 26.0 Å². The predicted molar refractivity (Wildman–Crippen MR) is 68.7 cm³/mol. The van der Waals surface area contributed by atoms with Crippen molar-refractivity contribution in [1.29, 1.82) is 0 Å². The molecule has 4 nitrogen and oxygen atoms in total. The Morgan fingerprint density at radius 3 is 2.53 bits per heavy atom.